The van der Waals surface area contributed by atoms with E-state index in [1.807, 2.05) is 24.3 Å². The van der Waals surface area contributed by atoms with Crippen LogP contribution in [0.15, 0.2) is 36.4 Å². The maximum atomic E-state index is 12.8. The topological polar surface area (TPSA) is 99.2 Å². The van der Waals surface area contributed by atoms with E-state index in [2.05, 4.69) is 5.32 Å². The van der Waals surface area contributed by atoms with Gasteiger partial charge in [-0.1, -0.05) is 24.3 Å². The fourth-order valence-electron chi connectivity index (χ4n) is 3.50. The molecule has 0 aliphatic carbocycles. The molecular formula is C21H25N3O5. The number of nitrogens with zero attached hydrogens (tertiary/aromatic N) is 2. The van der Waals surface area contributed by atoms with Crippen LogP contribution in [0.3, 0.4) is 0 Å². The van der Waals surface area contributed by atoms with Crippen molar-refractivity contribution in [1.29, 1.82) is 0 Å². The number of anilines is 1. The van der Waals surface area contributed by atoms with Gasteiger partial charge in [-0.15, -0.1) is 0 Å². The molecule has 1 fully saturated rings. The lowest BCUT2D eigenvalue weighted by molar-refractivity contribution is -0.139. The first-order chi connectivity index (χ1) is 13.9. The van der Waals surface area contributed by atoms with Gasteiger partial charge in [-0.2, -0.15) is 0 Å². The highest BCUT2D eigenvalue weighted by Gasteiger charge is 2.28. The van der Waals surface area contributed by atoms with Gasteiger partial charge in [0.1, 0.15) is 5.75 Å². The lowest BCUT2D eigenvalue weighted by Crippen LogP contribution is -2.45. The number of amides is 3. The number of hydrogen-bond acceptors (Lipinski definition) is 4. The highest BCUT2D eigenvalue weighted by atomic mass is 16.5. The number of hydrogen-bond donors (Lipinski definition) is 2. The number of carbonyl (C=O) groups excluding carboxylic acids is 2. The summed E-state index contributed by atoms with van der Waals surface area (Å²) in [5.74, 6) is -0.837. The molecule has 29 heavy (non-hydrogen) atoms. The van der Waals surface area contributed by atoms with Gasteiger partial charge in [0.05, 0.1) is 0 Å². The number of aliphatic carboxylic acids is 1. The van der Waals surface area contributed by atoms with Crippen LogP contribution in [0.2, 0.25) is 0 Å². The summed E-state index contributed by atoms with van der Waals surface area (Å²) in [5.41, 5.74) is 0.653. The minimum absolute atomic E-state index is 0.0354. The third-order valence-corrected chi connectivity index (χ3v) is 5.01. The molecule has 8 nitrogen and oxygen atoms in total. The molecule has 1 aliphatic heterocycles. The Balaban J connectivity index is 1.70. The molecular weight excluding hydrogens is 374 g/mol. The third-order valence-electron chi connectivity index (χ3n) is 5.01. The molecule has 8 heteroatoms. The number of urea groups is 1. The van der Waals surface area contributed by atoms with E-state index < -0.39 is 12.6 Å². The zero-order chi connectivity index (χ0) is 21.0. The molecule has 154 valence electrons. The standard InChI is InChI=1S/C21H25N3O5/c1-23(2)21(28)24-11-9-14(10-12-24)20(27)22-17-7-8-18(29-13-19(25)26)16-6-4-3-5-15(16)17/h3-8,14H,9-13H2,1-2H3,(H,22,27)(H,25,26). The average molecular weight is 399 g/mol. The Bertz CT molecular complexity index is 920. The third kappa shape index (κ3) is 4.77. The first kappa shape index (κ1) is 20.4. The van der Waals surface area contributed by atoms with Crippen molar-refractivity contribution >= 4 is 34.4 Å². The number of nitrogens with one attached hydrogen (secondary N) is 1. The molecule has 1 aliphatic rings. The highest BCUT2D eigenvalue weighted by Crippen LogP contribution is 2.32. The van der Waals surface area contributed by atoms with E-state index in [-0.39, 0.29) is 17.9 Å². The van der Waals surface area contributed by atoms with Gasteiger partial charge < -0.3 is 25.0 Å². The smallest absolute Gasteiger partial charge is 0.341 e. The Morgan fingerprint density at radius 1 is 1.10 bits per heavy atom. The summed E-state index contributed by atoms with van der Waals surface area (Å²) in [7, 11) is 3.44. The van der Waals surface area contributed by atoms with Crippen LogP contribution in [0.1, 0.15) is 12.8 Å². The molecule has 0 atom stereocenters. The zero-order valence-corrected chi connectivity index (χ0v) is 16.6. The van der Waals surface area contributed by atoms with E-state index in [1.165, 1.54) is 0 Å². The number of benzene rings is 2. The number of fused-ring (bicyclic) bond motifs is 1. The SMILES string of the molecule is CN(C)C(=O)N1CCC(C(=O)Nc2ccc(OCC(=O)O)c3ccccc23)CC1. The summed E-state index contributed by atoms with van der Waals surface area (Å²) < 4.78 is 5.36. The van der Waals surface area contributed by atoms with Crippen molar-refractivity contribution in [3.63, 3.8) is 0 Å². The molecule has 3 amide bonds. The molecule has 1 heterocycles. The van der Waals surface area contributed by atoms with Crippen LogP contribution in [0, 0.1) is 5.92 Å². The molecule has 0 aromatic heterocycles. The fraction of sp³-hybridized carbons (Fsp3) is 0.381. The summed E-state index contributed by atoms with van der Waals surface area (Å²) in [6, 6.07) is 10.7. The predicted octanol–water partition coefficient (Wildman–Crippen LogP) is 2.64. The molecule has 3 rings (SSSR count). The Morgan fingerprint density at radius 3 is 2.38 bits per heavy atom. The Morgan fingerprint density at radius 2 is 1.76 bits per heavy atom. The van der Waals surface area contributed by atoms with Gasteiger partial charge in [0.2, 0.25) is 5.91 Å². The van der Waals surface area contributed by atoms with E-state index in [0.29, 0.717) is 37.4 Å². The van der Waals surface area contributed by atoms with Gasteiger partial charge in [0, 0.05) is 49.6 Å². The van der Waals surface area contributed by atoms with Gasteiger partial charge in [0.25, 0.3) is 0 Å². The van der Waals surface area contributed by atoms with Crippen LogP contribution in [0.25, 0.3) is 10.8 Å². The van der Waals surface area contributed by atoms with Crippen LogP contribution in [-0.2, 0) is 9.59 Å². The molecule has 0 unspecified atom stereocenters. The second kappa shape index (κ2) is 8.81. The molecule has 0 radical (unpaired) electrons. The summed E-state index contributed by atoms with van der Waals surface area (Å²) in [5, 5.41) is 13.3. The number of likely N-dealkylation sites (tertiary alicyclic amines) is 1. The maximum absolute atomic E-state index is 12.8. The number of carboxylic acids is 1. The molecule has 2 N–H and O–H groups in total. The van der Waals surface area contributed by atoms with E-state index in [4.69, 9.17) is 9.84 Å². The highest BCUT2D eigenvalue weighted by molar-refractivity contribution is 6.04. The number of rotatable bonds is 5. The molecule has 0 bridgehead atoms. The average Bonchev–Trinajstić information content (AvgIpc) is 2.72. The summed E-state index contributed by atoms with van der Waals surface area (Å²) in [6.45, 7) is 0.676. The Kier molecular flexibility index (Phi) is 6.21. The van der Waals surface area contributed by atoms with Crippen LogP contribution < -0.4 is 10.1 Å². The van der Waals surface area contributed by atoms with Crippen LogP contribution in [0.4, 0.5) is 10.5 Å². The van der Waals surface area contributed by atoms with E-state index >= 15 is 0 Å². The Labute approximate surface area is 169 Å². The van der Waals surface area contributed by atoms with Crippen LogP contribution in [0.5, 0.6) is 5.75 Å². The molecule has 2 aromatic carbocycles. The van der Waals surface area contributed by atoms with E-state index in [9.17, 15) is 14.4 Å². The van der Waals surface area contributed by atoms with E-state index in [1.54, 1.807) is 36.0 Å². The second-order valence-corrected chi connectivity index (χ2v) is 7.27. The number of carboxylic acid groups (broad SMARTS) is 1. The van der Waals surface area contributed by atoms with Crippen molar-refractivity contribution in [2.24, 2.45) is 5.92 Å². The largest absolute Gasteiger partial charge is 0.481 e. The molecule has 1 saturated heterocycles. The van der Waals surface area contributed by atoms with Crippen molar-refractivity contribution in [3.05, 3.63) is 36.4 Å². The molecule has 0 saturated carbocycles. The predicted molar refractivity (Wildman–Crippen MR) is 109 cm³/mol. The number of carbonyl (C=O) groups is 3. The first-order valence-electron chi connectivity index (χ1n) is 9.50. The number of piperidine rings is 1. The lowest BCUT2D eigenvalue weighted by Gasteiger charge is -2.33. The first-order valence-corrected chi connectivity index (χ1v) is 9.50. The second-order valence-electron chi connectivity index (χ2n) is 7.27. The van der Waals surface area contributed by atoms with Gasteiger partial charge in [-0.25, -0.2) is 9.59 Å². The molecule has 2 aromatic rings. The van der Waals surface area contributed by atoms with Crippen molar-refractivity contribution in [3.8, 4) is 5.75 Å². The van der Waals surface area contributed by atoms with E-state index in [0.717, 1.165) is 10.8 Å². The zero-order valence-electron chi connectivity index (χ0n) is 16.6. The summed E-state index contributed by atoms with van der Waals surface area (Å²) in [4.78, 5) is 38.9. The van der Waals surface area contributed by atoms with Crippen LogP contribution in [-0.4, -0.2) is 66.6 Å². The van der Waals surface area contributed by atoms with Crippen molar-refractivity contribution < 1.29 is 24.2 Å². The van der Waals surface area contributed by atoms with Gasteiger partial charge in [-0.05, 0) is 25.0 Å². The van der Waals surface area contributed by atoms with Crippen molar-refractivity contribution in [2.45, 2.75) is 12.8 Å². The fourth-order valence-corrected chi connectivity index (χ4v) is 3.50. The maximum Gasteiger partial charge on any atom is 0.341 e. The lowest BCUT2D eigenvalue weighted by atomic mass is 9.95. The van der Waals surface area contributed by atoms with Gasteiger partial charge in [-0.3, -0.25) is 4.79 Å². The monoisotopic (exact) mass is 399 g/mol. The normalized spacial score (nSPS) is 14.5. The van der Waals surface area contributed by atoms with Gasteiger partial charge in [0.15, 0.2) is 6.61 Å². The van der Waals surface area contributed by atoms with Crippen LogP contribution >= 0.6 is 0 Å². The summed E-state index contributed by atoms with van der Waals surface area (Å²) in [6.07, 6.45) is 1.23. The minimum atomic E-state index is -1.05. The van der Waals surface area contributed by atoms with Crippen molar-refractivity contribution in [1.82, 2.24) is 9.80 Å². The van der Waals surface area contributed by atoms with Gasteiger partial charge >= 0.3 is 12.0 Å². The molecule has 0 spiro atoms. The quantitative estimate of drug-likeness (QED) is 0.805. The summed E-state index contributed by atoms with van der Waals surface area (Å²) >= 11 is 0. The number of ether oxygens (including phenoxy) is 1. The Hall–Kier alpha value is -3.29. The van der Waals surface area contributed by atoms with Crippen molar-refractivity contribution in [2.75, 3.05) is 39.1 Å². The minimum Gasteiger partial charge on any atom is -0.481 e.